The van der Waals surface area contributed by atoms with Crippen LogP contribution in [0.4, 0.5) is 5.69 Å². The topological polar surface area (TPSA) is 54.9 Å². The van der Waals surface area contributed by atoms with Crippen LogP contribution in [0.2, 0.25) is 5.15 Å². The molecule has 0 unspecified atom stereocenters. The van der Waals surface area contributed by atoms with Crippen LogP contribution in [0.15, 0.2) is 29.0 Å². The van der Waals surface area contributed by atoms with Crippen molar-refractivity contribution >= 4 is 39.1 Å². The Morgan fingerprint density at radius 2 is 2.05 bits per heavy atom. The first kappa shape index (κ1) is 14.0. The average Bonchev–Trinajstić information content (AvgIpc) is 2.32. The third kappa shape index (κ3) is 3.52. The van der Waals surface area contributed by atoms with Gasteiger partial charge >= 0.3 is 0 Å². The van der Waals surface area contributed by atoms with Crippen molar-refractivity contribution in [2.45, 2.75) is 13.8 Å². The number of carbonyl (C=O) groups is 1. The minimum absolute atomic E-state index is 0.240. The highest BCUT2D eigenvalue weighted by Gasteiger charge is 2.09. The number of hydrogen-bond donors (Lipinski definition) is 1. The van der Waals surface area contributed by atoms with Gasteiger partial charge < -0.3 is 5.32 Å². The van der Waals surface area contributed by atoms with Crippen molar-refractivity contribution in [3.05, 3.63) is 51.0 Å². The summed E-state index contributed by atoms with van der Waals surface area (Å²) in [5.74, 6) is -0.240. The van der Waals surface area contributed by atoms with Crippen molar-refractivity contribution in [3.63, 3.8) is 0 Å². The van der Waals surface area contributed by atoms with E-state index in [1.54, 1.807) is 19.2 Å². The van der Waals surface area contributed by atoms with Gasteiger partial charge in [0.25, 0.3) is 5.91 Å². The van der Waals surface area contributed by atoms with Gasteiger partial charge in [-0.3, -0.25) is 4.79 Å². The summed E-state index contributed by atoms with van der Waals surface area (Å²) in [5, 5.41) is 3.07. The first-order valence-electron chi connectivity index (χ1n) is 5.53. The first-order chi connectivity index (χ1) is 8.95. The first-order valence-corrected chi connectivity index (χ1v) is 6.70. The molecule has 6 heteroatoms. The Morgan fingerprint density at radius 1 is 1.32 bits per heavy atom. The Bertz CT molecular complexity index is 626. The number of rotatable bonds is 2. The van der Waals surface area contributed by atoms with E-state index in [-0.39, 0.29) is 5.91 Å². The Labute approximate surface area is 124 Å². The predicted molar refractivity (Wildman–Crippen MR) is 78.6 cm³/mol. The second-order valence-corrected chi connectivity index (χ2v) is 5.24. The highest BCUT2D eigenvalue weighted by molar-refractivity contribution is 9.10. The van der Waals surface area contributed by atoms with Gasteiger partial charge in [0.15, 0.2) is 0 Å². The maximum absolute atomic E-state index is 12.1. The van der Waals surface area contributed by atoms with Crippen molar-refractivity contribution < 1.29 is 4.79 Å². The normalized spacial score (nSPS) is 10.3. The van der Waals surface area contributed by atoms with Crippen molar-refractivity contribution in [1.29, 1.82) is 0 Å². The molecule has 0 saturated heterocycles. The molecule has 0 spiro atoms. The molecule has 0 aliphatic heterocycles. The van der Waals surface area contributed by atoms with Gasteiger partial charge in [0.2, 0.25) is 0 Å². The molecule has 2 heterocycles. The summed E-state index contributed by atoms with van der Waals surface area (Å²) in [4.78, 5) is 20.2. The van der Waals surface area contributed by atoms with Gasteiger partial charge in [0.05, 0.1) is 11.9 Å². The number of hydrogen-bond acceptors (Lipinski definition) is 3. The van der Waals surface area contributed by atoms with E-state index in [1.165, 1.54) is 6.07 Å². The average molecular weight is 341 g/mol. The van der Waals surface area contributed by atoms with E-state index >= 15 is 0 Å². The van der Waals surface area contributed by atoms with E-state index in [4.69, 9.17) is 11.6 Å². The van der Waals surface area contributed by atoms with E-state index in [9.17, 15) is 4.79 Å². The zero-order chi connectivity index (χ0) is 14.0. The van der Waals surface area contributed by atoms with E-state index in [1.807, 2.05) is 13.0 Å². The van der Waals surface area contributed by atoms with Crippen LogP contribution in [0.3, 0.4) is 0 Å². The van der Waals surface area contributed by atoms with E-state index < -0.39 is 0 Å². The Hall–Kier alpha value is -1.46. The summed E-state index contributed by atoms with van der Waals surface area (Å²) in [6.45, 7) is 3.69. The number of carbonyl (C=O) groups excluding carboxylic acids is 1. The lowest BCUT2D eigenvalue weighted by Gasteiger charge is -2.07. The maximum atomic E-state index is 12.1. The summed E-state index contributed by atoms with van der Waals surface area (Å²) >= 11 is 9.14. The standard InChI is InChI=1S/C13H11BrClN3O/c1-7-3-10(6-16-12(7)14)18-13(19)9-4-8(2)17-11(15)5-9/h3-6H,1-2H3,(H,18,19). The monoisotopic (exact) mass is 339 g/mol. The van der Waals surface area contributed by atoms with Gasteiger partial charge in [0.1, 0.15) is 9.76 Å². The number of nitrogens with one attached hydrogen (secondary N) is 1. The molecule has 0 radical (unpaired) electrons. The third-order valence-electron chi connectivity index (χ3n) is 2.46. The van der Waals surface area contributed by atoms with Crippen molar-refractivity contribution in [1.82, 2.24) is 9.97 Å². The Kier molecular flexibility index (Phi) is 4.17. The lowest BCUT2D eigenvalue weighted by atomic mass is 10.2. The number of aromatic nitrogens is 2. The molecular weight excluding hydrogens is 330 g/mol. The summed E-state index contributed by atoms with van der Waals surface area (Å²) in [5.41, 5.74) is 2.75. The van der Waals surface area contributed by atoms with Crippen LogP contribution in [0.5, 0.6) is 0 Å². The molecule has 0 fully saturated rings. The number of halogens is 2. The van der Waals surface area contributed by atoms with Gasteiger partial charge in [-0.15, -0.1) is 0 Å². The van der Waals surface area contributed by atoms with E-state index in [0.717, 1.165) is 10.2 Å². The summed E-state index contributed by atoms with van der Waals surface area (Å²) in [6.07, 6.45) is 1.59. The molecule has 2 aromatic rings. The summed E-state index contributed by atoms with van der Waals surface area (Å²) in [7, 11) is 0. The zero-order valence-electron chi connectivity index (χ0n) is 10.4. The largest absolute Gasteiger partial charge is 0.321 e. The van der Waals surface area contributed by atoms with Crippen LogP contribution in [0, 0.1) is 13.8 Å². The lowest BCUT2D eigenvalue weighted by Crippen LogP contribution is -2.12. The van der Waals surface area contributed by atoms with Crippen LogP contribution in [0.1, 0.15) is 21.6 Å². The van der Waals surface area contributed by atoms with E-state index in [2.05, 4.69) is 31.2 Å². The molecule has 19 heavy (non-hydrogen) atoms. The summed E-state index contributed by atoms with van der Waals surface area (Å²) in [6, 6.07) is 5.05. The molecule has 4 nitrogen and oxygen atoms in total. The fraction of sp³-hybridized carbons (Fsp3) is 0.154. The minimum Gasteiger partial charge on any atom is -0.321 e. The molecule has 0 saturated carbocycles. The molecule has 0 atom stereocenters. The number of anilines is 1. The Balaban J connectivity index is 2.22. The van der Waals surface area contributed by atoms with Crippen LogP contribution in [-0.2, 0) is 0 Å². The van der Waals surface area contributed by atoms with Gasteiger partial charge in [-0.05, 0) is 53.5 Å². The number of amides is 1. The second kappa shape index (κ2) is 5.67. The van der Waals surface area contributed by atoms with Gasteiger partial charge in [-0.2, -0.15) is 0 Å². The quantitative estimate of drug-likeness (QED) is 0.847. The number of nitrogens with zero attached hydrogens (tertiary/aromatic N) is 2. The molecule has 0 bridgehead atoms. The van der Waals surface area contributed by atoms with Crippen LogP contribution >= 0.6 is 27.5 Å². The van der Waals surface area contributed by atoms with Crippen molar-refractivity contribution in [2.75, 3.05) is 5.32 Å². The molecule has 2 aromatic heterocycles. The highest BCUT2D eigenvalue weighted by Crippen LogP contribution is 2.18. The fourth-order valence-corrected chi connectivity index (χ4v) is 2.06. The third-order valence-corrected chi connectivity index (χ3v) is 3.48. The maximum Gasteiger partial charge on any atom is 0.255 e. The number of pyridine rings is 2. The molecule has 2 rings (SSSR count). The van der Waals surface area contributed by atoms with Crippen molar-refractivity contribution in [3.8, 4) is 0 Å². The lowest BCUT2D eigenvalue weighted by molar-refractivity contribution is 0.102. The molecule has 0 aliphatic carbocycles. The van der Waals surface area contributed by atoms with Gasteiger partial charge in [-0.25, -0.2) is 9.97 Å². The van der Waals surface area contributed by atoms with Crippen LogP contribution in [0.25, 0.3) is 0 Å². The molecule has 1 amide bonds. The van der Waals surface area contributed by atoms with Gasteiger partial charge in [0, 0.05) is 11.3 Å². The predicted octanol–water partition coefficient (Wildman–Crippen LogP) is 3.76. The number of aryl methyl sites for hydroxylation is 2. The zero-order valence-corrected chi connectivity index (χ0v) is 12.7. The molecule has 0 aromatic carbocycles. The fourth-order valence-electron chi connectivity index (χ4n) is 1.59. The van der Waals surface area contributed by atoms with Crippen LogP contribution in [-0.4, -0.2) is 15.9 Å². The SMILES string of the molecule is Cc1cc(C(=O)Nc2cnc(Br)c(C)c2)cc(Cl)n1. The van der Waals surface area contributed by atoms with Crippen LogP contribution < -0.4 is 5.32 Å². The van der Waals surface area contributed by atoms with Crippen molar-refractivity contribution in [2.24, 2.45) is 0 Å². The molecule has 0 aliphatic rings. The Morgan fingerprint density at radius 3 is 2.68 bits per heavy atom. The highest BCUT2D eigenvalue weighted by atomic mass is 79.9. The second-order valence-electron chi connectivity index (χ2n) is 4.11. The molecule has 98 valence electrons. The smallest absolute Gasteiger partial charge is 0.255 e. The molecule has 1 N–H and O–H groups in total. The summed E-state index contributed by atoms with van der Waals surface area (Å²) < 4.78 is 0.758. The minimum atomic E-state index is -0.240. The molecular formula is C13H11BrClN3O. The van der Waals surface area contributed by atoms with Gasteiger partial charge in [-0.1, -0.05) is 11.6 Å². The van der Waals surface area contributed by atoms with E-state index in [0.29, 0.717) is 22.1 Å².